The Bertz CT molecular complexity index is 322. The average molecular weight is 212 g/mol. The molecule has 0 aliphatic heterocycles. The van der Waals surface area contributed by atoms with Crippen LogP contribution in [0.15, 0.2) is 16.8 Å². The van der Waals surface area contributed by atoms with Crippen molar-refractivity contribution in [1.29, 1.82) is 0 Å². The Hall–Kier alpha value is -1.36. The van der Waals surface area contributed by atoms with Gasteiger partial charge < -0.3 is 11.1 Å². The molecule has 5 heteroatoms. The lowest BCUT2D eigenvalue weighted by Gasteiger charge is -2.10. The lowest BCUT2D eigenvalue weighted by molar-refractivity contribution is -0.118. The van der Waals surface area contributed by atoms with Crippen LogP contribution in [0.5, 0.6) is 0 Å². The summed E-state index contributed by atoms with van der Waals surface area (Å²) in [5.41, 5.74) is 5.62. The van der Waals surface area contributed by atoms with Crippen molar-refractivity contribution in [3.8, 4) is 0 Å². The number of primary amides is 1. The van der Waals surface area contributed by atoms with Crippen LogP contribution in [0.1, 0.15) is 23.7 Å². The molecule has 4 nitrogen and oxygen atoms in total. The number of hydrogen-bond donors (Lipinski definition) is 2. The van der Waals surface area contributed by atoms with E-state index >= 15 is 0 Å². The second-order valence-corrected chi connectivity index (χ2v) is 3.84. The van der Waals surface area contributed by atoms with Crippen LogP contribution < -0.4 is 11.1 Å². The predicted octanol–water partition coefficient (Wildman–Crippen LogP) is 0.742. The summed E-state index contributed by atoms with van der Waals surface area (Å²) in [6.07, 6.45) is 0.163. The standard InChI is InChI=1S/C9H12N2O2S/c1-6(4-8(10)12)11-9(13)7-2-3-14-5-7/h2-3,5-6H,4H2,1H3,(H2,10,12)(H,11,13). The largest absolute Gasteiger partial charge is 0.370 e. The summed E-state index contributed by atoms with van der Waals surface area (Å²) in [7, 11) is 0. The van der Waals surface area contributed by atoms with E-state index < -0.39 is 5.91 Å². The number of carbonyl (C=O) groups is 2. The smallest absolute Gasteiger partial charge is 0.252 e. The van der Waals surface area contributed by atoms with Crippen LogP contribution in [0.25, 0.3) is 0 Å². The topological polar surface area (TPSA) is 72.2 Å². The van der Waals surface area contributed by atoms with Crippen LogP contribution in [0, 0.1) is 0 Å². The molecule has 1 atom stereocenters. The molecule has 0 bridgehead atoms. The minimum absolute atomic E-state index is 0.163. The predicted molar refractivity (Wildman–Crippen MR) is 55.1 cm³/mol. The van der Waals surface area contributed by atoms with Crippen LogP contribution in [0.2, 0.25) is 0 Å². The second kappa shape index (κ2) is 4.76. The van der Waals surface area contributed by atoms with Gasteiger partial charge in [0, 0.05) is 23.4 Å². The SMILES string of the molecule is CC(CC(N)=O)NC(=O)c1ccsc1. The number of nitrogens with two attached hydrogens (primary N) is 1. The number of hydrogen-bond acceptors (Lipinski definition) is 3. The normalized spacial score (nSPS) is 12.1. The molecular weight excluding hydrogens is 200 g/mol. The van der Waals surface area contributed by atoms with E-state index in [2.05, 4.69) is 5.32 Å². The Morgan fingerprint density at radius 2 is 2.36 bits per heavy atom. The van der Waals surface area contributed by atoms with Gasteiger partial charge in [0.2, 0.25) is 5.91 Å². The zero-order valence-corrected chi connectivity index (χ0v) is 8.64. The third-order valence-electron chi connectivity index (χ3n) is 1.67. The van der Waals surface area contributed by atoms with Crippen molar-refractivity contribution in [2.24, 2.45) is 5.73 Å². The van der Waals surface area contributed by atoms with E-state index in [1.807, 2.05) is 5.38 Å². The van der Waals surface area contributed by atoms with Crippen molar-refractivity contribution in [3.05, 3.63) is 22.4 Å². The Morgan fingerprint density at radius 3 is 2.86 bits per heavy atom. The number of carbonyl (C=O) groups excluding carboxylic acids is 2. The van der Waals surface area contributed by atoms with Gasteiger partial charge in [0.1, 0.15) is 0 Å². The van der Waals surface area contributed by atoms with Crippen molar-refractivity contribution in [2.45, 2.75) is 19.4 Å². The molecule has 0 saturated heterocycles. The van der Waals surface area contributed by atoms with Crippen LogP contribution in [-0.2, 0) is 4.79 Å². The molecule has 1 unspecified atom stereocenters. The van der Waals surface area contributed by atoms with E-state index in [9.17, 15) is 9.59 Å². The fourth-order valence-electron chi connectivity index (χ4n) is 1.05. The summed E-state index contributed by atoms with van der Waals surface area (Å²) in [6, 6.07) is 1.51. The van der Waals surface area contributed by atoms with Gasteiger partial charge in [-0.15, -0.1) is 0 Å². The monoisotopic (exact) mass is 212 g/mol. The van der Waals surface area contributed by atoms with Crippen LogP contribution >= 0.6 is 11.3 Å². The first-order chi connectivity index (χ1) is 6.59. The third-order valence-corrected chi connectivity index (χ3v) is 2.35. The van der Waals surface area contributed by atoms with Crippen LogP contribution in [0.4, 0.5) is 0 Å². The van der Waals surface area contributed by atoms with E-state index in [4.69, 9.17) is 5.73 Å². The Balaban J connectivity index is 2.45. The summed E-state index contributed by atoms with van der Waals surface area (Å²) in [5.74, 6) is -0.580. The van der Waals surface area contributed by atoms with Crippen LogP contribution in [-0.4, -0.2) is 17.9 Å². The van der Waals surface area contributed by atoms with Crippen molar-refractivity contribution >= 4 is 23.2 Å². The first-order valence-electron chi connectivity index (χ1n) is 4.21. The maximum absolute atomic E-state index is 11.4. The maximum Gasteiger partial charge on any atom is 0.252 e. The highest BCUT2D eigenvalue weighted by molar-refractivity contribution is 7.08. The van der Waals surface area contributed by atoms with E-state index in [1.54, 1.807) is 18.4 Å². The molecule has 3 N–H and O–H groups in total. The minimum Gasteiger partial charge on any atom is -0.370 e. The van der Waals surface area contributed by atoms with Crippen molar-refractivity contribution in [3.63, 3.8) is 0 Å². The van der Waals surface area contributed by atoms with Crippen molar-refractivity contribution in [2.75, 3.05) is 0 Å². The summed E-state index contributed by atoms with van der Waals surface area (Å²) in [6.45, 7) is 1.75. The second-order valence-electron chi connectivity index (χ2n) is 3.06. The summed E-state index contributed by atoms with van der Waals surface area (Å²) < 4.78 is 0. The van der Waals surface area contributed by atoms with E-state index in [0.29, 0.717) is 5.56 Å². The van der Waals surface area contributed by atoms with E-state index in [0.717, 1.165) is 0 Å². The zero-order chi connectivity index (χ0) is 10.6. The number of thiophene rings is 1. The van der Waals surface area contributed by atoms with Gasteiger partial charge in [-0.2, -0.15) is 11.3 Å². The quantitative estimate of drug-likeness (QED) is 0.772. The Morgan fingerprint density at radius 1 is 1.64 bits per heavy atom. The first kappa shape index (κ1) is 10.7. The van der Waals surface area contributed by atoms with E-state index in [1.165, 1.54) is 11.3 Å². The summed E-state index contributed by atoms with van der Waals surface area (Å²) in [5, 5.41) is 6.26. The molecule has 0 saturated carbocycles. The van der Waals surface area contributed by atoms with Gasteiger partial charge in [-0.1, -0.05) is 0 Å². The van der Waals surface area contributed by atoms with Gasteiger partial charge in [-0.3, -0.25) is 9.59 Å². The first-order valence-corrected chi connectivity index (χ1v) is 5.15. The molecule has 76 valence electrons. The Kier molecular flexibility index (Phi) is 3.64. The molecule has 0 spiro atoms. The fourth-order valence-corrected chi connectivity index (χ4v) is 1.69. The summed E-state index contributed by atoms with van der Waals surface area (Å²) >= 11 is 1.46. The third kappa shape index (κ3) is 3.18. The van der Waals surface area contributed by atoms with Crippen molar-refractivity contribution in [1.82, 2.24) is 5.32 Å². The van der Waals surface area contributed by atoms with Gasteiger partial charge in [-0.05, 0) is 18.4 Å². The molecule has 2 amide bonds. The molecule has 0 aromatic carbocycles. The lowest BCUT2D eigenvalue weighted by Crippen LogP contribution is -2.35. The highest BCUT2D eigenvalue weighted by Crippen LogP contribution is 2.06. The molecule has 14 heavy (non-hydrogen) atoms. The average Bonchev–Trinajstić information content (AvgIpc) is 2.53. The zero-order valence-electron chi connectivity index (χ0n) is 7.82. The minimum atomic E-state index is -0.414. The Labute approximate surface area is 86.1 Å². The van der Waals surface area contributed by atoms with Gasteiger partial charge >= 0.3 is 0 Å². The molecule has 0 aliphatic rings. The fraction of sp³-hybridized carbons (Fsp3) is 0.333. The van der Waals surface area contributed by atoms with E-state index in [-0.39, 0.29) is 18.4 Å². The van der Waals surface area contributed by atoms with Gasteiger partial charge in [-0.25, -0.2) is 0 Å². The molecule has 0 aliphatic carbocycles. The highest BCUT2D eigenvalue weighted by atomic mass is 32.1. The van der Waals surface area contributed by atoms with Crippen LogP contribution in [0.3, 0.4) is 0 Å². The summed E-state index contributed by atoms with van der Waals surface area (Å²) in [4.78, 5) is 22.0. The number of nitrogens with one attached hydrogen (secondary N) is 1. The molecule has 0 fully saturated rings. The van der Waals surface area contributed by atoms with Gasteiger partial charge in [0.15, 0.2) is 0 Å². The van der Waals surface area contributed by atoms with Gasteiger partial charge in [0.25, 0.3) is 5.91 Å². The molecule has 1 aromatic heterocycles. The molecule has 1 rings (SSSR count). The molecular formula is C9H12N2O2S. The molecule has 1 aromatic rings. The molecule has 1 heterocycles. The highest BCUT2D eigenvalue weighted by Gasteiger charge is 2.11. The maximum atomic E-state index is 11.4. The van der Waals surface area contributed by atoms with Crippen molar-refractivity contribution < 1.29 is 9.59 Å². The molecule has 0 radical (unpaired) electrons. The van der Waals surface area contributed by atoms with Gasteiger partial charge in [0.05, 0.1) is 0 Å². The lowest BCUT2D eigenvalue weighted by atomic mass is 10.2. The number of rotatable bonds is 4. The number of amides is 2.